The molecule has 0 heterocycles. The van der Waals surface area contributed by atoms with Gasteiger partial charge in [-0.3, -0.25) is 0 Å². The molecule has 1 amide bonds. The van der Waals surface area contributed by atoms with Gasteiger partial charge in [0.05, 0.1) is 0 Å². The van der Waals surface area contributed by atoms with Crippen LogP contribution in [0.15, 0.2) is 0 Å². The van der Waals surface area contributed by atoms with Gasteiger partial charge in [0.15, 0.2) is 0 Å². The number of primary amides is 1. The molecule has 0 saturated carbocycles. The van der Waals surface area contributed by atoms with E-state index in [0.29, 0.717) is 41.0 Å². The van der Waals surface area contributed by atoms with Crippen molar-refractivity contribution in [2.75, 3.05) is 13.1 Å². The Balaban J connectivity index is 2.99. The monoisotopic (exact) mass is 346 g/mol. The summed E-state index contributed by atoms with van der Waals surface area (Å²) in [5.41, 5.74) is 5.03. The Morgan fingerprint density at radius 2 is 1.67 bits per heavy atom. The van der Waals surface area contributed by atoms with E-state index in [2.05, 4.69) is 5.32 Å². The molecule has 3 N–H and O–H groups in total. The Bertz CT molecular complexity index is 181. The van der Waals surface area contributed by atoms with E-state index >= 15 is 0 Å². The predicted molar refractivity (Wildman–Crippen MR) is 63.5 cm³/mol. The summed E-state index contributed by atoms with van der Waals surface area (Å²) in [7, 11) is 0. The third-order valence-corrected chi connectivity index (χ3v) is 5.77. The number of hydrogen-bond acceptors (Lipinski definition) is 3. The number of Topliss-reactive ketones (excluding diaryl/α,β-unsaturated/α-hetero) is 1. The van der Waals surface area contributed by atoms with Crippen LogP contribution in [-0.2, 0) is 9.59 Å². The summed E-state index contributed by atoms with van der Waals surface area (Å²) in [4.78, 5) is 21.1. The van der Waals surface area contributed by atoms with Crippen LogP contribution in [0, 0.1) is 0 Å². The molecule has 0 fully saturated rings. The second-order valence-electron chi connectivity index (χ2n) is 3.02. The zero-order chi connectivity index (χ0) is 11.5. The van der Waals surface area contributed by atoms with E-state index in [4.69, 9.17) is 5.73 Å². The van der Waals surface area contributed by atoms with Gasteiger partial charge in [0.2, 0.25) is 0 Å². The quantitative estimate of drug-likeness (QED) is 0.423. The SMILES string of the molecule is CC(=O)C[Se]CCNCC[Se]CC(N)=O. The molecule has 0 spiro atoms. The first-order valence-corrected chi connectivity index (χ1v) is 9.61. The summed E-state index contributed by atoms with van der Waals surface area (Å²) in [6.07, 6.45) is 0. The molecule has 0 radical (unpaired) electrons. The van der Waals surface area contributed by atoms with Gasteiger partial charge in [0.1, 0.15) is 0 Å². The number of ketones is 1. The first kappa shape index (κ1) is 15.1. The van der Waals surface area contributed by atoms with Crippen molar-refractivity contribution in [1.82, 2.24) is 5.32 Å². The molecule has 0 aliphatic carbocycles. The van der Waals surface area contributed by atoms with E-state index in [9.17, 15) is 9.59 Å². The Labute approximate surface area is 103 Å². The van der Waals surface area contributed by atoms with Gasteiger partial charge >= 0.3 is 104 Å². The molecular weight excluding hydrogens is 326 g/mol. The number of rotatable bonds is 10. The molecule has 0 aliphatic rings. The fourth-order valence-electron chi connectivity index (χ4n) is 0.802. The Morgan fingerprint density at radius 1 is 1.13 bits per heavy atom. The standard InChI is InChI=1S/C9H18N2O2Se2/c1-8(12)6-14-4-2-11-3-5-15-7-9(10)13/h11H,2-7H2,1H3,(H2,10,13). The first-order chi connectivity index (χ1) is 7.13. The van der Waals surface area contributed by atoms with Gasteiger partial charge in [0, 0.05) is 0 Å². The molecule has 0 bridgehead atoms. The van der Waals surface area contributed by atoms with Crippen LogP contribution in [0.3, 0.4) is 0 Å². The van der Waals surface area contributed by atoms with Gasteiger partial charge in [-0.25, -0.2) is 0 Å². The van der Waals surface area contributed by atoms with Crippen LogP contribution in [-0.4, -0.2) is 54.7 Å². The minimum absolute atomic E-state index is 0.195. The molecule has 6 heteroatoms. The normalized spacial score (nSPS) is 10.2. The molecule has 0 aromatic heterocycles. The Kier molecular flexibility index (Phi) is 10.7. The summed E-state index contributed by atoms with van der Waals surface area (Å²) < 4.78 is 0. The molecule has 0 atom stereocenters. The molecule has 15 heavy (non-hydrogen) atoms. The second kappa shape index (κ2) is 10.6. The third kappa shape index (κ3) is 14.1. The van der Waals surface area contributed by atoms with Crippen LogP contribution in [0.2, 0.25) is 21.3 Å². The summed E-state index contributed by atoms with van der Waals surface area (Å²) in [5, 5.41) is 6.75. The summed E-state index contributed by atoms with van der Waals surface area (Å²) in [5.74, 6) is 0.0968. The van der Waals surface area contributed by atoms with Crippen LogP contribution >= 0.6 is 0 Å². The van der Waals surface area contributed by atoms with E-state index in [1.807, 2.05) is 0 Å². The molecule has 0 aromatic rings. The number of carbonyl (C=O) groups is 2. The Hall–Kier alpha value is 0.139. The van der Waals surface area contributed by atoms with Gasteiger partial charge in [-0.2, -0.15) is 0 Å². The van der Waals surface area contributed by atoms with Crippen molar-refractivity contribution in [1.29, 1.82) is 0 Å². The Morgan fingerprint density at radius 3 is 2.13 bits per heavy atom. The van der Waals surface area contributed by atoms with Crippen molar-refractivity contribution >= 4 is 41.6 Å². The summed E-state index contributed by atoms with van der Waals surface area (Å²) >= 11 is 0.806. The van der Waals surface area contributed by atoms with Crippen LogP contribution in [0.25, 0.3) is 0 Å². The van der Waals surface area contributed by atoms with Crippen LogP contribution < -0.4 is 11.1 Å². The number of nitrogens with two attached hydrogens (primary N) is 1. The molecule has 0 aliphatic heterocycles. The number of hydrogen-bond donors (Lipinski definition) is 2. The second-order valence-corrected chi connectivity index (χ2v) is 7.66. The predicted octanol–water partition coefficient (Wildman–Crippen LogP) is -0.268. The van der Waals surface area contributed by atoms with Crippen molar-refractivity contribution in [2.45, 2.75) is 28.2 Å². The van der Waals surface area contributed by atoms with E-state index in [0.717, 1.165) is 29.0 Å². The fraction of sp³-hybridized carbons (Fsp3) is 0.778. The zero-order valence-corrected chi connectivity index (χ0v) is 12.4. The maximum absolute atomic E-state index is 10.6. The van der Waals surface area contributed by atoms with Crippen molar-refractivity contribution in [3.05, 3.63) is 0 Å². The summed E-state index contributed by atoms with van der Waals surface area (Å²) in [6.45, 7) is 3.59. The van der Waals surface area contributed by atoms with E-state index in [1.165, 1.54) is 0 Å². The first-order valence-electron chi connectivity index (χ1n) is 4.77. The average Bonchev–Trinajstić information content (AvgIpc) is 2.14. The van der Waals surface area contributed by atoms with Crippen LogP contribution in [0.5, 0.6) is 0 Å². The van der Waals surface area contributed by atoms with E-state index in [-0.39, 0.29) is 5.91 Å². The van der Waals surface area contributed by atoms with Gasteiger partial charge in [0.25, 0.3) is 0 Å². The average molecular weight is 344 g/mol. The molecule has 0 saturated heterocycles. The van der Waals surface area contributed by atoms with Gasteiger partial charge in [-0.1, -0.05) is 0 Å². The molecule has 0 rings (SSSR count). The van der Waals surface area contributed by atoms with Gasteiger partial charge in [-0.15, -0.1) is 0 Å². The zero-order valence-electron chi connectivity index (χ0n) is 8.95. The summed E-state index contributed by atoms with van der Waals surface area (Å²) in [6, 6.07) is 0. The van der Waals surface area contributed by atoms with Crippen molar-refractivity contribution in [3.8, 4) is 0 Å². The molecular formula is C9H18N2O2Se2. The van der Waals surface area contributed by atoms with E-state index in [1.54, 1.807) is 6.92 Å². The van der Waals surface area contributed by atoms with Crippen molar-refractivity contribution in [2.24, 2.45) is 5.73 Å². The minimum atomic E-state index is -0.195. The number of amides is 1. The van der Waals surface area contributed by atoms with Gasteiger partial charge < -0.3 is 0 Å². The molecule has 88 valence electrons. The van der Waals surface area contributed by atoms with Crippen molar-refractivity contribution in [3.63, 3.8) is 0 Å². The van der Waals surface area contributed by atoms with Gasteiger partial charge in [-0.05, 0) is 0 Å². The molecule has 0 aromatic carbocycles. The number of carbonyl (C=O) groups excluding carboxylic acids is 2. The van der Waals surface area contributed by atoms with Crippen LogP contribution in [0.4, 0.5) is 0 Å². The fourth-order valence-corrected chi connectivity index (χ4v) is 3.64. The molecule has 4 nitrogen and oxygen atoms in total. The third-order valence-electron chi connectivity index (χ3n) is 1.40. The molecule has 0 unspecified atom stereocenters. The maximum atomic E-state index is 10.6. The topological polar surface area (TPSA) is 72.2 Å². The number of nitrogens with one attached hydrogen (secondary N) is 1. The van der Waals surface area contributed by atoms with Crippen LogP contribution in [0.1, 0.15) is 6.92 Å². The van der Waals surface area contributed by atoms with Crippen molar-refractivity contribution < 1.29 is 9.59 Å². The van der Waals surface area contributed by atoms with E-state index < -0.39 is 0 Å².